The fourth-order valence-electron chi connectivity index (χ4n) is 2.74. The van der Waals surface area contributed by atoms with Crippen LogP contribution in [0.1, 0.15) is 18.4 Å². The summed E-state index contributed by atoms with van der Waals surface area (Å²) >= 11 is 0. The molecule has 0 radical (unpaired) electrons. The van der Waals surface area contributed by atoms with Gasteiger partial charge in [0.1, 0.15) is 0 Å². The first-order valence-corrected chi connectivity index (χ1v) is 6.64. The molecule has 2 aromatic rings. The molecule has 0 unspecified atom stereocenters. The number of fused-ring (bicyclic) bond motifs is 1. The van der Waals surface area contributed by atoms with Crippen molar-refractivity contribution < 1.29 is 4.79 Å². The van der Waals surface area contributed by atoms with Gasteiger partial charge in [-0.1, -0.05) is 18.2 Å². The second-order valence-electron chi connectivity index (χ2n) is 5.54. The number of carbonyl (C=O) groups excluding carboxylic acids is 1. The Morgan fingerprint density at radius 1 is 1.42 bits per heavy atom. The number of benzene rings is 1. The van der Waals surface area contributed by atoms with Gasteiger partial charge >= 0.3 is 0 Å². The summed E-state index contributed by atoms with van der Waals surface area (Å²) in [4.78, 5) is 16.1. The van der Waals surface area contributed by atoms with Crippen LogP contribution in [-0.4, -0.2) is 15.5 Å². The summed E-state index contributed by atoms with van der Waals surface area (Å²) < 4.78 is 1.97. The molecule has 1 heterocycles. The van der Waals surface area contributed by atoms with Crippen molar-refractivity contribution in [3.05, 3.63) is 48.5 Å². The molecule has 1 aromatic heterocycles. The fraction of sp³-hybridized carbons (Fsp3) is 0.333. The minimum absolute atomic E-state index is 0.0456. The van der Waals surface area contributed by atoms with Gasteiger partial charge < -0.3 is 9.88 Å². The molecule has 4 heteroatoms. The Morgan fingerprint density at radius 3 is 2.89 bits per heavy atom. The standard InChI is InChI=1S/C15H15N3O/c19-14(15-7-12(15)8-15)17-9-11-3-1-2-4-13(11)18-6-5-16-10-18/h1-6,10,12H,7-9H2,(H,17,19). The lowest BCUT2D eigenvalue weighted by molar-refractivity contribution is -0.124. The zero-order valence-corrected chi connectivity index (χ0v) is 10.5. The van der Waals surface area contributed by atoms with Crippen molar-refractivity contribution in [2.24, 2.45) is 11.3 Å². The van der Waals surface area contributed by atoms with Crippen molar-refractivity contribution in [3.63, 3.8) is 0 Å². The first-order chi connectivity index (χ1) is 9.29. The molecule has 0 saturated heterocycles. The first-order valence-electron chi connectivity index (χ1n) is 6.64. The van der Waals surface area contributed by atoms with Gasteiger partial charge in [-0.25, -0.2) is 4.98 Å². The third-order valence-electron chi connectivity index (χ3n) is 4.35. The van der Waals surface area contributed by atoms with Gasteiger partial charge in [0.2, 0.25) is 5.91 Å². The Labute approximate surface area is 111 Å². The fourth-order valence-corrected chi connectivity index (χ4v) is 2.74. The predicted molar refractivity (Wildman–Crippen MR) is 70.6 cm³/mol. The van der Waals surface area contributed by atoms with Gasteiger partial charge in [0.05, 0.1) is 17.4 Å². The number of nitrogens with zero attached hydrogens (tertiary/aromatic N) is 2. The summed E-state index contributed by atoms with van der Waals surface area (Å²) in [6.45, 7) is 0.585. The van der Waals surface area contributed by atoms with Crippen LogP contribution in [0.3, 0.4) is 0 Å². The molecule has 2 aliphatic carbocycles. The van der Waals surface area contributed by atoms with Crippen LogP contribution in [0.5, 0.6) is 0 Å². The van der Waals surface area contributed by atoms with E-state index in [-0.39, 0.29) is 11.3 Å². The van der Waals surface area contributed by atoms with Gasteiger partial charge in [0, 0.05) is 18.9 Å². The SMILES string of the molecule is O=C(NCc1ccccc1-n1ccnc1)C12CC1C2. The van der Waals surface area contributed by atoms with Crippen LogP contribution >= 0.6 is 0 Å². The lowest BCUT2D eigenvalue weighted by Gasteiger charge is -2.12. The molecule has 2 aliphatic rings. The van der Waals surface area contributed by atoms with E-state index in [4.69, 9.17) is 0 Å². The molecular formula is C15H15N3O. The molecule has 0 bridgehead atoms. The summed E-state index contributed by atoms with van der Waals surface area (Å²) in [5.41, 5.74) is 2.23. The molecule has 4 nitrogen and oxygen atoms in total. The monoisotopic (exact) mass is 253 g/mol. The van der Waals surface area contributed by atoms with Gasteiger partial charge in [-0.15, -0.1) is 0 Å². The number of rotatable bonds is 4. The molecule has 19 heavy (non-hydrogen) atoms. The smallest absolute Gasteiger partial charge is 0.226 e. The zero-order valence-electron chi connectivity index (χ0n) is 10.5. The summed E-state index contributed by atoms with van der Waals surface area (Å²) in [7, 11) is 0. The maximum absolute atomic E-state index is 12.0. The predicted octanol–water partition coefficient (Wildman–Crippen LogP) is 1.90. The average molecular weight is 253 g/mol. The Balaban J connectivity index is 1.53. The van der Waals surface area contributed by atoms with E-state index in [1.165, 1.54) is 0 Å². The number of aromatic nitrogens is 2. The molecule has 4 rings (SSSR count). The van der Waals surface area contributed by atoms with E-state index in [0.717, 1.165) is 24.1 Å². The summed E-state index contributed by atoms with van der Waals surface area (Å²) in [5, 5.41) is 3.07. The van der Waals surface area contributed by atoms with Crippen LogP contribution in [-0.2, 0) is 11.3 Å². The zero-order chi connectivity index (χ0) is 12.9. The topological polar surface area (TPSA) is 46.9 Å². The van der Waals surface area contributed by atoms with Crippen LogP contribution < -0.4 is 5.32 Å². The second kappa shape index (κ2) is 3.70. The summed E-state index contributed by atoms with van der Waals surface area (Å²) in [6.07, 6.45) is 7.64. The molecule has 1 N–H and O–H groups in total. The van der Waals surface area contributed by atoms with Crippen molar-refractivity contribution in [1.82, 2.24) is 14.9 Å². The Hall–Kier alpha value is -2.10. The molecule has 0 aliphatic heterocycles. The van der Waals surface area contributed by atoms with Gasteiger partial charge in [-0.05, 0) is 30.4 Å². The van der Waals surface area contributed by atoms with E-state index in [9.17, 15) is 4.79 Å². The van der Waals surface area contributed by atoms with Crippen molar-refractivity contribution in [1.29, 1.82) is 0 Å². The van der Waals surface area contributed by atoms with Crippen LogP contribution in [0.25, 0.3) is 5.69 Å². The molecule has 2 fully saturated rings. The van der Waals surface area contributed by atoms with E-state index >= 15 is 0 Å². The highest BCUT2D eigenvalue weighted by atomic mass is 16.2. The Morgan fingerprint density at radius 2 is 2.21 bits per heavy atom. The van der Waals surface area contributed by atoms with E-state index in [1.54, 1.807) is 12.5 Å². The van der Waals surface area contributed by atoms with Crippen molar-refractivity contribution in [2.75, 3.05) is 0 Å². The lowest BCUT2D eigenvalue weighted by atomic mass is 10.1. The molecule has 96 valence electrons. The van der Waals surface area contributed by atoms with Crippen LogP contribution in [0.4, 0.5) is 0 Å². The Bertz CT molecular complexity index is 627. The lowest BCUT2D eigenvalue weighted by Crippen LogP contribution is -2.27. The normalized spacial score (nSPS) is 26.6. The summed E-state index contributed by atoms with van der Waals surface area (Å²) in [5.74, 6) is 0.925. The van der Waals surface area contributed by atoms with Gasteiger partial charge in [0.15, 0.2) is 0 Å². The number of carbonyl (C=O) groups is 1. The van der Waals surface area contributed by atoms with Crippen LogP contribution in [0.15, 0.2) is 43.0 Å². The van der Waals surface area contributed by atoms with Crippen LogP contribution in [0.2, 0.25) is 0 Å². The number of para-hydroxylation sites is 1. The third-order valence-corrected chi connectivity index (χ3v) is 4.35. The van der Waals surface area contributed by atoms with E-state index in [2.05, 4.69) is 10.3 Å². The number of nitrogens with one attached hydrogen (secondary N) is 1. The molecular weight excluding hydrogens is 238 g/mol. The maximum atomic E-state index is 12.0. The largest absolute Gasteiger partial charge is 0.351 e. The number of hydrogen-bond donors (Lipinski definition) is 1. The molecule has 1 aromatic carbocycles. The quantitative estimate of drug-likeness (QED) is 0.904. The van der Waals surface area contributed by atoms with Crippen molar-refractivity contribution in [2.45, 2.75) is 19.4 Å². The maximum Gasteiger partial charge on any atom is 0.226 e. The van der Waals surface area contributed by atoms with E-state index in [0.29, 0.717) is 12.5 Å². The van der Waals surface area contributed by atoms with Crippen molar-refractivity contribution in [3.8, 4) is 5.69 Å². The minimum Gasteiger partial charge on any atom is -0.351 e. The average Bonchev–Trinajstić information content (AvgIpc) is 3.22. The molecule has 0 spiro atoms. The highest BCUT2D eigenvalue weighted by Gasteiger charge is 2.74. The number of imidazole rings is 1. The molecule has 1 amide bonds. The van der Waals surface area contributed by atoms with E-state index < -0.39 is 0 Å². The first kappa shape index (κ1) is 10.8. The van der Waals surface area contributed by atoms with Crippen LogP contribution in [0, 0.1) is 11.3 Å². The van der Waals surface area contributed by atoms with Gasteiger partial charge in [-0.3, -0.25) is 4.79 Å². The van der Waals surface area contributed by atoms with Crippen molar-refractivity contribution >= 4 is 5.91 Å². The second-order valence-corrected chi connectivity index (χ2v) is 5.54. The van der Waals surface area contributed by atoms with Gasteiger partial charge in [0.25, 0.3) is 0 Å². The Kier molecular flexibility index (Phi) is 2.10. The third kappa shape index (κ3) is 1.67. The highest BCUT2D eigenvalue weighted by Crippen LogP contribution is 2.75. The minimum atomic E-state index is 0.0456. The van der Waals surface area contributed by atoms with E-state index in [1.807, 2.05) is 35.0 Å². The molecule has 0 atom stereocenters. The number of hydrogen-bond acceptors (Lipinski definition) is 2. The summed E-state index contributed by atoms with van der Waals surface area (Å²) in [6, 6.07) is 8.08. The highest BCUT2D eigenvalue weighted by molar-refractivity contribution is 5.90. The number of amides is 1. The van der Waals surface area contributed by atoms with Gasteiger partial charge in [-0.2, -0.15) is 0 Å². The molecule has 2 saturated carbocycles.